The Kier molecular flexibility index (Phi) is 6.12. The second-order valence-electron chi connectivity index (χ2n) is 7.88. The predicted octanol–water partition coefficient (Wildman–Crippen LogP) is 6.10. The zero-order valence-corrected chi connectivity index (χ0v) is 20.6. The predicted molar refractivity (Wildman–Crippen MR) is 135 cm³/mol. The van der Waals surface area contributed by atoms with E-state index in [0.717, 1.165) is 10.3 Å². The van der Waals surface area contributed by atoms with Gasteiger partial charge in [-0.1, -0.05) is 41.4 Å². The van der Waals surface area contributed by atoms with Crippen LogP contribution in [-0.4, -0.2) is 26.9 Å². The Morgan fingerprint density at radius 2 is 1.74 bits per heavy atom. The molecule has 0 bridgehead atoms. The summed E-state index contributed by atoms with van der Waals surface area (Å²) in [5, 5.41) is 2.07. The van der Waals surface area contributed by atoms with Crippen LogP contribution in [0, 0.1) is 5.82 Å². The largest absolute Gasteiger partial charge is 0.308 e. The summed E-state index contributed by atoms with van der Waals surface area (Å²) in [6.07, 6.45) is 0.225. The second kappa shape index (κ2) is 8.94. The van der Waals surface area contributed by atoms with E-state index in [1.165, 1.54) is 40.5 Å². The van der Waals surface area contributed by atoms with Gasteiger partial charge in [0, 0.05) is 16.4 Å². The lowest BCUT2D eigenvalue weighted by molar-refractivity contribution is -0.118. The summed E-state index contributed by atoms with van der Waals surface area (Å²) < 4.78 is 43.9. The van der Waals surface area contributed by atoms with Crippen LogP contribution in [0.25, 0.3) is 21.2 Å². The lowest BCUT2D eigenvalue weighted by Gasteiger charge is -2.18. The lowest BCUT2D eigenvalue weighted by Crippen LogP contribution is -2.41. The van der Waals surface area contributed by atoms with Gasteiger partial charge in [0.15, 0.2) is 0 Å². The number of sulfonamides is 1. The van der Waals surface area contributed by atoms with E-state index in [2.05, 4.69) is 4.72 Å². The van der Waals surface area contributed by atoms with Crippen LogP contribution in [-0.2, 0) is 14.8 Å². The number of nitrogens with zero attached hydrogens (tertiary/aromatic N) is 1. The average molecular weight is 535 g/mol. The number of amides is 1. The fourth-order valence-corrected chi connectivity index (χ4v) is 6.47. The molecule has 3 aromatic carbocycles. The van der Waals surface area contributed by atoms with Crippen LogP contribution in [0.5, 0.6) is 0 Å². The van der Waals surface area contributed by atoms with E-state index in [1.54, 1.807) is 42.5 Å². The molecule has 4 aromatic rings. The number of halogens is 3. The number of carbonyl (C=O) groups excluding carboxylic acids is 1. The van der Waals surface area contributed by atoms with Gasteiger partial charge in [0.1, 0.15) is 11.9 Å². The molecule has 1 aliphatic rings. The number of benzene rings is 3. The van der Waals surface area contributed by atoms with Crippen molar-refractivity contribution in [1.29, 1.82) is 0 Å². The van der Waals surface area contributed by atoms with E-state index in [1.807, 2.05) is 0 Å². The molecule has 0 spiro atoms. The molecular weight excluding hydrogens is 518 g/mol. The number of thiophene rings is 1. The lowest BCUT2D eigenvalue weighted by atomic mass is 10.1. The zero-order valence-electron chi connectivity index (χ0n) is 17.5. The van der Waals surface area contributed by atoms with Gasteiger partial charge in [0.2, 0.25) is 15.9 Å². The second-order valence-corrected chi connectivity index (χ2v) is 11.7. The van der Waals surface area contributed by atoms with Crippen LogP contribution >= 0.6 is 34.5 Å². The van der Waals surface area contributed by atoms with E-state index in [9.17, 15) is 17.6 Å². The first-order valence-electron chi connectivity index (χ1n) is 10.3. The average Bonchev–Trinajstić information content (AvgIpc) is 3.39. The zero-order chi connectivity index (χ0) is 24.0. The third kappa shape index (κ3) is 4.44. The van der Waals surface area contributed by atoms with Crippen molar-refractivity contribution in [2.45, 2.75) is 17.4 Å². The molecule has 1 N–H and O–H groups in total. The molecule has 2 heterocycles. The van der Waals surface area contributed by atoms with Crippen LogP contribution in [0.4, 0.5) is 10.1 Å². The third-order valence-electron chi connectivity index (χ3n) is 5.68. The van der Waals surface area contributed by atoms with Crippen LogP contribution in [0.2, 0.25) is 9.36 Å². The first-order chi connectivity index (χ1) is 16.2. The summed E-state index contributed by atoms with van der Waals surface area (Å²) in [6, 6.07) is 17.0. The quantitative estimate of drug-likeness (QED) is 0.336. The Balaban J connectivity index is 1.35. The van der Waals surface area contributed by atoms with E-state index in [4.69, 9.17) is 23.2 Å². The highest BCUT2D eigenvalue weighted by atomic mass is 35.5. The number of hydrogen-bond donors (Lipinski definition) is 1. The minimum absolute atomic E-state index is 0.0405. The molecule has 0 unspecified atom stereocenters. The molecule has 5 nitrogen and oxygen atoms in total. The van der Waals surface area contributed by atoms with Gasteiger partial charge in [-0.3, -0.25) is 4.79 Å². The van der Waals surface area contributed by atoms with E-state index >= 15 is 0 Å². The maximum absolute atomic E-state index is 14.9. The van der Waals surface area contributed by atoms with Crippen molar-refractivity contribution in [2.24, 2.45) is 0 Å². The minimum Gasteiger partial charge on any atom is -0.308 e. The molecule has 0 radical (unpaired) electrons. The van der Waals surface area contributed by atoms with Crippen molar-refractivity contribution < 1.29 is 17.6 Å². The van der Waals surface area contributed by atoms with Gasteiger partial charge in [-0.25, -0.2) is 12.8 Å². The fraction of sp³-hybridized carbons (Fsp3) is 0.125. The summed E-state index contributed by atoms with van der Waals surface area (Å²) in [4.78, 5) is 15.1. The van der Waals surface area contributed by atoms with Crippen molar-refractivity contribution in [3.8, 4) is 10.4 Å². The number of nitrogens with one attached hydrogen (secondary N) is 1. The van der Waals surface area contributed by atoms with E-state index in [-0.39, 0.29) is 23.5 Å². The molecule has 1 fully saturated rings. The molecule has 1 saturated heterocycles. The topological polar surface area (TPSA) is 66.5 Å². The maximum Gasteiger partial charge on any atom is 0.245 e. The van der Waals surface area contributed by atoms with Crippen molar-refractivity contribution in [3.05, 3.63) is 81.9 Å². The summed E-state index contributed by atoms with van der Waals surface area (Å²) >= 11 is 13.3. The highest BCUT2D eigenvalue weighted by Crippen LogP contribution is 2.34. The minimum atomic E-state index is -3.97. The Bertz CT molecular complexity index is 1540. The Morgan fingerprint density at radius 1 is 0.971 bits per heavy atom. The first-order valence-corrected chi connectivity index (χ1v) is 13.4. The number of rotatable bonds is 5. The number of fused-ring (bicyclic) bond motifs is 1. The van der Waals surface area contributed by atoms with Gasteiger partial charge >= 0.3 is 0 Å². The summed E-state index contributed by atoms with van der Waals surface area (Å²) in [6.45, 7) is 0.198. The Hall–Kier alpha value is -2.49. The molecule has 0 aliphatic carbocycles. The molecule has 5 rings (SSSR count). The van der Waals surface area contributed by atoms with E-state index < -0.39 is 27.8 Å². The number of hydrogen-bond acceptors (Lipinski definition) is 4. The van der Waals surface area contributed by atoms with Gasteiger partial charge in [-0.15, -0.1) is 11.3 Å². The molecular formula is C24H17Cl2FN2O3S2. The maximum atomic E-state index is 14.9. The Labute approximate surface area is 209 Å². The van der Waals surface area contributed by atoms with Crippen LogP contribution in [0.1, 0.15) is 6.42 Å². The normalized spacial score (nSPS) is 16.5. The Morgan fingerprint density at radius 3 is 2.47 bits per heavy atom. The van der Waals surface area contributed by atoms with Crippen LogP contribution in [0.15, 0.2) is 71.6 Å². The van der Waals surface area contributed by atoms with Gasteiger partial charge in [-0.05, 0) is 71.3 Å². The van der Waals surface area contributed by atoms with Crippen molar-refractivity contribution in [2.75, 3.05) is 11.4 Å². The van der Waals surface area contributed by atoms with Crippen molar-refractivity contribution >= 4 is 66.9 Å². The van der Waals surface area contributed by atoms with Gasteiger partial charge in [0.25, 0.3) is 0 Å². The standard InChI is InChI=1S/C24H17Cl2FN2O3S2/c25-17-4-1-15-12-18(5-2-14(15)11-17)34(31,32)28-20-9-10-29(24(20)30)21-6-3-16(13-19(21)27)22-7-8-23(26)33-22/h1-8,11-13,20,28H,9-10H2/t20-/m0/s1. The molecule has 1 aromatic heterocycles. The highest BCUT2D eigenvalue weighted by molar-refractivity contribution is 7.89. The summed E-state index contributed by atoms with van der Waals surface area (Å²) in [5.41, 5.74) is 0.764. The number of carbonyl (C=O) groups is 1. The van der Waals surface area contributed by atoms with Crippen LogP contribution < -0.4 is 9.62 Å². The molecule has 1 amide bonds. The SMILES string of the molecule is O=C1[C@@H](NS(=O)(=O)c2ccc3cc(Cl)ccc3c2)CCN1c1ccc(-c2ccc(Cl)s2)cc1F. The number of anilines is 1. The molecule has 34 heavy (non-hydrogen) atoms. The third-order valence-corrected chi connectivity index (χ3v) is 8.67. The van der Waals surface area contributed by atoms with E-state index in [0.29, 0.717) is 20.3 Å². The molecule has 0 saturated carbocycles. The molecule has 1 atom stereocenters. The smallest absolute Gasteiger partial charge is 0.245 e. The molecule has 1 aliphatic heterocycles. The molecule has 174 valence electrons. The fourth-order valence-electron chi connectivity index (χ4n) is 3.99. The van der Waals surface area contributed by atoms with Gasteiger partial charge < -0.3 is 4.90 Å². The summed E-state index contributed by atoms with van der Waals surface area (Å²) in [5.74, 6) is -1.06. The van der Waals surface area contributed by atoms with Gasteiger partial charge in [0.05, 0.1) is 14.9 Å². The summed E-state index contributed by atoms with van der Waals surface area (Å²) in [7, 11) is -3.97. The highest BCUT2D eigenvalue weighted by Gasteiger charge is 2.36. The molecule has 10 heteroatoms. The monoisotopic (exact) mass is 534 g/mol. The van der Waals surface area contributed by atoms with Crippen LogP contribution in [0.3, 0.4) is 0 Å². The first kappa shape index (κ1) is 23.3. The van der Waals surface area contributed by atoms with Crippen molar-refractivity contribution in [1.82, 2.24) is 4.72 Å². The van der Waals surface area contributed by atoms with Crippen molar-refractivity contribution in [3.63, 3.8) is 0 Å². The van der Waals surface area contributed by atoms with Gasteiger partial charge in [-0.2, -0.15) is 4.72 Å².